The van der Waals surface area contributed by atoms with E-state index >= 15 is 0 Å². The molecule has 0 aromatic carbocycles. The molecule has 0 unspecified atom stereocenters. The fourth-order valence-corrected chi connectivity index (χ4v) is 1.12. The first-order chi connectivity index (χ1) is 7.56. The van der Waals surface area contributed by atoms with Crippen molar-refractivity contribution in [1.29, 1.82) is 0 Å². The zero-order valence-corrected chi connectivity index (χ0v) is 9.02. The lowest BCUT2D eigenvalue weighted by molar-refractivity contribution is -0.141. The molecule has 0 saturated heterocycles. The molecule has 6 nitrogen and oxygen atoms in total. The van der Waals surface area contributed by atoms with E-state index in [1.165, 1.54) is 32.6 Å². The first-order valence-corrected chi connectivity index (χ1v) is 4.55. The Hall–Kier alpha value is -2.11. The lowest BCUT2D eigenvalue weighted by atomic mass is 10.2. The standard InChI is InChI=1S/C10H12N2O4/c1-12(6-9(14)16-2)10(15)7-5-11-4-3-8(7)13/h3-5H,6H2,1-2H3,(H,11,13). The van der Waals surface area contributed by atoms with Crippen LogP contribution in [0.3, 0.4) is 0 Å². The van der Waals surface area contributed by atoms with Crippen molar-refractivity contribution in [3.8, 4) is 0 Å². The topological polar surface area (TPSA) is 79.5 Å². The molecule has 1 amide bonds. The molecule has 0 atom stereocenters. The van der Waals surface area contributed by atoms with Crippen molar-refractivity contribution in [2.75, 3.05) is 20.7 Å². The van der Waals surface area contributed by atoms with Gasteiger partial charge >= 0.3 is 5.97 Å². The number of hydrogen-bond acceptors (Lipinski definition) is 4. The van der Waals surface area contributed by atoms with Crippen LogP contribution in [0.1, 0.15) is 10.4 Å². The Morgan fingerprint density at radius 3 is 2.75 bits per heavy atom. The quantitative estimate of drug-likeness (QED) is 0.710. The van der Waals surface area contributed by atoms with Gasteiger partial charge in [-0.3, -0.25) is 14.4 Å². The molecular formula is C10H12N2O4. The van der Waals surface area contributed by atoms with Crippen molar-refractivity contribution in [2.24, 2.45) is 0 Å². The summed E-state index contributed by atoms with van der Waals surface area (Å²) >= 11 is 0. The molecule has 0 aliphatic carbocycles. The molecule has 0 aliphatic rings. The molecule has 0 saturated carbocycles. The monoisotopic (exact) mass is 224 g/mol. The molecule has 1 aromatic heterocycles. The minimum Gasteiger partial charge on any atom is -0.468 e. The number of H-pyrrole nitrogens is 1. The number of carbonyl (C=O) groups is 2. The third-order valence-corrected chi connectivity index (χ3v) is 2.00. The average molecular weight is 224 g/mol. The number of pyridine rings is 1. The van der Waals surface area contributed by atoms with Crippen LogP contribution >= 0.6 is 0 Å². The van der Waals surface area contributed by atoms with Crippen LogP contribution < -0.4 is 5.43 Å². The highest BCUT2D eigenvalue weighted by molar-refractivity contribution is 5.95. The van der Waals surface area contributed by atoms with Crippen molar-refractivity contribution in [2.45, 2.75) is 0 Å². The zero-order valence-electron chi connectivity index (χ0n) is 9.02. The van der Waals surface area contributed by atoms with E-state index < -0.39 is 11.9 Å². The molecule has 16 heavy (non-hydrogen) atoms. The van der Waals surface area contributed by atoms with Crippen molar-refractivity contribution in [1.82, 2.24) is 9.88 Å². The molecule has 1 N–H and O–H groups in total. The van der Waals surface area contributed by atoms with Gasteiger partial charge in [-0.25, -0.2) is 0 Å². The summed E-state index contributed by atoms with van der Waals surface area (Å²) in [7, 11) is 2.65. The van der Waals surface area contributed by atoms with Crippen LogP contribution in [0.4, 0.5) is 0 Å². The van der Waals surface area contributed by atoms with E-state index in [1.54, 1.807) is 0 Å². The van der Waals surface area contributed by atoms with E-state index in [0.29, 0.717) is 0 Å². The van der Waals surface area contributed by atoms with Gasteiger partial charge in [0.05, 0.1) is 7.11 Å². The fourth-order valence-electron chi connectivity index (χ4n) is 1.12. The smallest absolute Gasteiger partial charge is 0.325 e. The molecule has 86 valence electrons. The van der Waals surface area contributed by atoms with E-state index in [-0.39, 0.29) is 17.5 Å². The summed E-state index contributed by atoms with van der Waals surface area (Å²) in [6.07, 6.45) is 2.73. The number of aromatic nitrogens is 1. The number of carbonyl (C=O) groups excluding carboxylic acids is 2. The van der Waals surface area contributed by atoms with Crippen LogP contribution in [0, 0.1) is 0 Å². The number of aromatic amines is 1. The Bertz CT molecular complexity index is 452. The summed E-state index contributed by atoms with van der Waals surface area (Å²) in [5, 5.41) is 0. The van der Waals surface area contributed by atoms with Gasteiger partial charge in [-0.2, -0.15) is 0 Å². The van der Waals surface area contributed by atoms with Crippen LogP contribution in [0.25, 0.3) is 0 Å². The SMILES string of the molecule is COC(=O)CN(C)C(=O)c1c[nH]ccc1=O. The highest BCUT2D eigenvalue weighted by Crippen LogP contribution is 1.96. The van der Waals surface area contributed by atoms with Crippen molar-refractivity contribution >= 4 is 11.9 Å². The molecule has 0 fully saturated rings. The highest BCUT2D eigenvalue weighted by atomic mass is 16.5. The number of nitrogens with one attached hydrogen (secondary N) is 1. The summed E-state index contributed by atoms with van der Waals surface area (Å²) in [6, 6.07) is 1.25. The minimum absolute atomic E-state index is 0.00565. The maximum absolute atomic E-state index is 11.7. The molecule has 0 radical (unpaired) electrons. The van der Waals surface area contributed by atoms with Gasteiger partial charge in [0.25, 0.3) is 5.91 Å². The number of nitrogens with zero attached hydrogens (tertiary/aromatic N) is 1. The molecular weight excluding hydrogens is 212 g/mol. The Labute approximate surface area is 91.8 Å². The van der Waals surface area contributed by atoms with Crippen molar-refractivity contribution in [3.05, 3.63) is 34.2 Å². The van der Waals surface area contributed by atoms with E-state index in [0.717, 1.165) is 4.90 Å². The highest BCUT2D eigenvalue weighted by Gasteiger charge is 2.17. The molecule has 1 aromatic rings. The average Bonchev–Trinajstić information content (AvgIpc) is 2.28. The van der Waals surface area contributed by atoms with Gasteiger partial charge in [0, 0.05) is 25.5 Å². The van der Waals surface area contributed by atoms with E-state index in [2.05, 4.69) is 9.72 Å². The maximum Gasteiger partial charge on any atom is 0.325 e. The van der Waals surface area contributed by atoms with Gasteiger partial charge in [0.1, 0.15) is 12.1 Å². The lowest BCUT2D eigenvalue weighted by Crippen LogP contribution is -2.35. The summed E-state index contributed by atoms with van der Waals surface area (Å²) < 4.78 is 4.42. The van der Waals surface area contributed by atoms with Crippen LogP contribution in [0.2, 0.25) is 0 Å². The molecule has 0 aliphatic heterocycles. The van der Waals surface area contributed by atoms with Gasteiger partial charge in [0.15, 0.2) is 5.43 Å². The first kappa shape index (κ1) is 12.0. The third kappa shape index (κ3) is 2.69. The first-order valence-electron chi connectivity index (χ1n) is 4.55. The number of esters is 1. The molecule has 0 spiro atoms. The Morgan fingerprint density at radius 1 is 1.50 bits per heavy atom. The van der Waals surface area contributed by atoms with Gasteiger partial charge in [-0.1, -0.05) is 0 Å². The van der Waals surface area contributed by atoms with Gasteiger partial charge in [-0.05, 0) is 0 Å². The second-order valence-electron chi connectivity index (χ2n) is 3.16. The minimum atomic E-state index is -0.539. The summed E-state index contributed by atoms with van der Waals surface area (Å²) in [5.41, 5.74) is -0.394. The fraction of sp³-hybridized carbons (Fsp3) is 0.300. The Morgan fingerprint density at radius 2 is 2.19 bits per heavy atom. The number of rotatable bonds is 3. The van der Waals surface area contributed by atoms with Crippen molar-refractivity contribution < 1.29 is 14.3 Å². The Balaban J connectivity index is 2.83. The molecule has 1 rings (SSSR count). The third-order valence-electron chi connectivity index (χ3n) is 2.00. The van der Waals surface area contributed by atoms with Crippen LogP contribution in [0.5, 0.6) is 0 Å². The van der Waals surface area contributed by atoms with Crippen LogP contribution in [-0.2, 0) is 9.53 Å². The maximum atomic E-state index is 11.7. The van der Waals surface area contributed by atoms with Crippen LogP contribution in [0.15, 0.2) is 23.3 Å². The van der Waals surface area contributed by atoms with Gasteiger partial charge < -0.3 is 14.6 Å². The van der Waals surface area contributed by atoms with Gasteiger partial charge in [-0.15, -0.1) is 0 Å². The van der Waals surface area contributed by atoms with Gasteiger partial charge in [0.2, 0.25) is 0 Å². The van der Waals surface area contributed by atoms with Crippen LogP contribution in [-0.4, -0.2) is 42.5 Å². The van der Waals surface area contributed by atoms with E-state index in [1.807, 2.05) is 0 Å². The number of likely N-dealkylation sites (N-methyl/N-ethyl adjacent to an activating group) is 1. The number of hydrogen-bond donors (Lipinski definition) is 1. The van der Waals surface area contributed by atoms with E-state index in [9.17, 15) is 14.4 Å². The number of amides is 1. The summed E-state index contributed by atoms with van der Waals surface area (Å²) in [5.74, 6) is -1.06. The lowest BCUT2D eigenvalue weighted by Gasteiger charge is -2.14. The predicted octanol–water partition coefficient (Wildman–Crippen LogP) is -0.380. The normalized spacial score (nSPS) is 9.62. The Kier molecular flexibility index (Phi) is 3.82. The second kappa shape index (κ2) is 5.11. The zero-order chi connectivity index (χ0) is 12.1. The predicted molar refractivity (Wildman–Crippen MR) is 56.0 cm³/mol. The van der Waals surface area contributed by atoms with E-state index in [4.69, 9.17) is 0 Å². The van der Waals surface area contributed by atoms with Crippen molar-refractivity contribution in [3.63, 3.8) is 0 Å². The summed E-state index contributed by atoms with van der Waals surface area (Å²) in [6.45, 7) is -0.191. The number of methoxy groups -OCH3 is 1. The largest absolute Gasteiger partial charge is 0.468 e. The second-order valence-corrected chi connectivity index (χ2v) is 3.16. The molecule has 1 heterocycles. The molecule has 6 heteroatoms. The summed E-state index contributed by atoms with van der Waals surface area (Å²) in [4.78, 5) is 37.8. The molecule has 0 bridgehead atoms. The number of ether oxygens (including phenoxy) is 1.